The van der Waals surface area contributed by atoms with Crippen LogP contribution in [-0.4, -0.2) is 60.8 Å². The molecule has 0 aliphatic rings. The maximum Gasteiger partial charge on any atom is 0.246 e. The Morgan fingerprint density at radius 1 is 0.886 bits per heavy atom. The van der Waals surface area contributed by atoms with Crippen LogP contribution in [0.5, 0.6) is 5.75 Å². The zero-order valence-electron chi connectivity index (χ0n) is 22.9. The van der Waals surface area contributed by atoms with Crippen molar-refractivity contribution in [3.8, 4) is 5.75 Å². The summed E-state index contributed by atoms with van der Waals surface area (Å²) < 4.78 is 5.24. The van der Waals surface area contributed by atoms with E-state index in [1.165, 1.54) is 30.6 Å². The van der Waals surface area contributed by atoms with Gasteiger partial charge in [-0.1, -0.05) is 78.4 Å². The van der Waals surface area contributed by atoms with Gasteiger partial charge >= 0.3 is 0 Å². The molecule has 1 aromatic carbocycles. The number of nitrogens with zero attached hydrogens (tertiary/aromatic N) is 2. The molecular weight excluding hydrogens is 442 g/mol. The number of hydrogen-bond donors (Lipinski definition) is 1. The molecule has 3 amide bonds. The summed E-state index contributed by atoms with van der Waals surface area (Å²) in [5.74, 6) is -0.501. The van der Waals surface area contributed by atoms with Crippen LogP contribution in [0.15, 0.2) is 24.3 Å². The van der Waals surface area contributed by atoms with Gasteiger partial charge in [0.1, 0.15) is 17.8 Å². The third kappa shape index (κ3) is 9.54. The normalized spacial score (nSPS) is 13.7. The maximum absolute atomic E-state index is 13.6. The third-order valence-electron chi connectivity index (χ3n) is 6.79. The number of ether oxygens (including phenoxy) is 1. The molecule has 35 heavy (non-hydrogen) atoms. The van der Waals surface area contributed by atoms with E-state index in [0.29, 0.717) is 6.42 Å². The number of methoxy groups -OCH3 is 1. The molecular formula is C28H47N3O4. The summed E-state index contributed by atoms with van der Waals surface area (Å²) in [6.07, 6.45) is 8.14. The van der Waals surface area contributed by atoms with Crippen molar-refractivity contribution in [3.63, 3.8) is 0 Å². The van der Waals surface area contributed by atoms with E-state index < -0.39 is 18.0 Å². The second kappa shape index (κ2) is 15.4. The summed E-state index contributed by atoms with van der Waals surface area (Å²) >= 11 is 0. The third-order valence-corrected chi connectivity index (χ3v) is 6.79. The lowest BCUT2D eigenvalue weighted by Gasteiger charge is -2.36. The lowest BCUT2D eigenvalue weighted by Crippen LogP contribution is -2.56. The van der Waals surface area contributed by atoms with E-state index in [9.17, 15) is 14.4 Å². The van der Waals surface area contributed by atoms with Crippen molar-refractivity contribution >= 4 is 17.7 Å². The van der Waals surface area contributed by atoms with E-state index in [1.54, 1.807) is 26.1 Å². The van der Waals surface area contributed by atoms with Crippen molar-refractivity contribution in [2.45, 2.75) is 91.1 Å². The first-order valence-electron chi connectivity index (χ1n) is 13.0. The molecule has 0 saturated carbocycles. The molecule has 7 nitrogen and oxygen atoms in total. The Labute approximate surface area is 212 Å². The van der Waals surface area contributed by atoms with E-state index in [0.717, 1.165) is 30.6 Å². The number of benzene rings is 1. The lowest BCUT2D eigenvalue weighted by molar-refractivity contribution is -0.149. The van der Waals surface area contributed by atoms with Gasteiger partial charge in [-0.2, -0.15) is 0 Å². The van der Waals surface area contributed by atoms with Gasteiger partial charge in [-0.25, -0.2) is 0 Å². The summed E-state index contributed by atoms with van der Waals surface area (Å²) in [6, 6.07) is 5.97. The molecule has 0 bridgehead atoms. The van der Waals surface area contributed by atoms with Gasteiger partial charge in [0.2, 0.25) is 17.7 Å². The van der Waals surface area contributed by atoms with Gasteiger partial charge in [0.05, 0.1) is 7.11 Å². The Kier molecular flexibility index (Phi) is 13.4. The van der Waals surface area contributed by atoms with Crippen molar-refractivity contribution in [1.82, 2.24) is 9.80 Å². The number of hydrogen-bond acceptors (Lipinski definition) is 4. The van der Waals surface area contributed by atoms with Gasteiger partial charge in [-0.05, 0) is 30.0 Å². The van der Waals surface area contributed by atoms with E-state index in [1.807, 2.05) is 45.0 Å². The SMILES string of the molecule is CCCCCCCC[C@H](C)C(=O)N(C)[C@H](Cc1ccc(OC)cc1)C(=O)N(C)[C@H](C(N)=O)C(C)C. The number of unbranched alkanes of at least 4 members (excludes halogenated alkanes) is 5. The second-order valence-electron chi connectivity index (χ2n) is 10.0. The van der Waals surface area contributed by atoms with Crippen LogP contribution >= 0.6 is 0 Å². The molecule has 0 radical (unpaired) electrons. The molecule has 0 fully saturated rings. The highest BCUT2D eigenvalue weighted by Crippen LogP contribution is 2.21. The molecule has 0 unspecified atom stereocenters. The summed E-state index contributed by atoms with van der Waals surface area (Å²) in [5.41, 5.74) is 6.52. The first-order chi connectivity index (χ1) is 16.5. The molecule has 0 aliphatic heterocycles. The predicted octanol–water partition coefficient (Wildman–Crippen LogP) is 4.42. The lowest BCUT2D eigenvalue weighted by atomic mass is 9.96. The molecule has 1 rings (SSSR count). The molecule has 0 aliphatic carbocycles. The number of rotatable bonds is 16. The van der Waals surface area contributed by atoms with E-state index >= 15 is 0 Å². The second-order valence-corrected chi connectivity index (χ2v) is 10.0. The number of amides is 3. The highest BCUT2D eigenvalue weighted by Gasteiger charge is 2.36. The van der Waals surface area contributed by atoms with Crippen molar-refractivity contribution in [1.29, 1.82) is 0 Å². The number of likely N-dealkylation sites (N-methyl/N-ethyl adjacent to an activating group) is 2. The zero-order chi connectivity index (χ0) is 26.5. The van der Waals surface area contributed by atoms with Gasteiger partial charge in [0.25, 0.3) is 0 Å². The molecule has 0 saturated heterocycles. The number of carbonyl (C=O) groups excluding carboxylic acids is 3. The highest BCUT2D eigenvalue weighted by atomic mass is 16.5. The van der Waals surface area contributed by atoms with Crippen LogP contribution in [0.1, 0.15) is 78.2 Å². The monoisotopic (exact) mass is 489 g/mol. The molecule has 198 valence electrons. The minimum absolute atomic E-state index is 0.0565. The van der Waals surface area contributed by atoms with Gasteiger partial charge in [-0.3, -0.25) is 14.4 Å². The number of carbonyl (C=O) groups is 3. The van der Waals surface area contributed by atoms with E-state index in [2.05, 4.69) is 6.92 Å². The quantitative estimate of drug-likeness (QED) is 0.348. The van der Waals surface area contributed by atoms with Crippen molar-refractivity contribution in [2.75, 3.05) is 21.2 Å². The van der Waals surface area contributed by atoms with Crippen LogP contribution in [0.3, 0.4) is 0 Å². The minimum atomic E-state index is -0.745. The van der Waals surface area contributed by atoms with Crippen LogP contribution in [0.25, 0.3) is 0 Å². The minimum Gasteiger partial charge on any atom is -0.497 e. The zero-order valence-corrected chi connectivity index (χ0v) is 22.9. The molecule has 0 aromatic heterocycles. The van der Waals surface area contributed by atoms with Gasteiger partial charge in [0, 0.05) is 26.4 Å². The smallest absolute Gasteiger partial charge is 0.246 e. The summed E-state index contributed by atoms with van der Waals surface area (Å²) in [7, 11) is 4.88. The summed E-state index contributed by atoms with van der Waals surface area (Å²) in [4.78, 5) is 42.1. The summed E-state index contributed by atoms with van der Waals surface area (Å²) in [6.45, 7) is 7.85. The van der Waals surface area contributed by atoms with E-state index in [4.69, 9.17) is 10.5 Å². The van der Waals surface area contributed by atoms with Crippen molar-refractivity contribution in [2.24, 2.45) is 17.6 Å². The van der Waals surface area contributed by atoms with E-state index in [-0.39, 0.29) is 23.7 Å². The standard InChI is InChI=1S/C28H47N3O4/c1-8-9-10-11-12-13-14-21(4)27(33)30(5)24(19-22-15-17-23(35-7)18-16-22)28(34)31(6)25(20(2)3)26(29)32/h15-18,20-21,24-25H,8-14,19H2,1-7H3,(H2,29,32)/t21-,24+,25-/m0/s1. The molecule has 7 heteroatoms. The largest absolute Gasteiger partial charge is 0.497 e. The van der Waals surface area contributed by atoms with Crippen LogP contribution in [-0.2, 0) is 20.8 Å². The Bertz CT molecular complexity index is 794. The summed E-state index contributed by atoms with van der Waals surface area (Å²) in [5, 5.41) is 0. The fraction of sp³-hybridized carbons (Fsp3) is 0.679. The molecule has 3 atom stereocenters. The average molecular weight is 490 g/mol. The van der Waals surface area contributed by atoms with Gasteiger partial charge < -0.3 is 20.3 Å². The fourth-order valence-electron chi connectivity index (χ4n) is 4.57. The molecule has 0 spiro atoms. The first-order valence-corrected chi connectivity index (χ1v) is 13.0. The van der Waals surface area contributed by atoms with Crippen molar-refractivity contribution in [3.05, 3.63) is 29.8 Å². The topological polar surface area (TPSA) is 92.9 Å². The first kappa shape index (κ1) is 30.5. The average Bonchev–Trinajstić information content (AvgIpc) is 2.83. The molecule has 2 N–H and O–H groups in total. The van der Waals surface area contributed by atoms with Crippen LogP contribution in [0.4, 0.5) is 0 Å². The Hall–Kier alpha value is -2.57. The van der Waals surface area contributed by atoms with Gasteiger partial charge in [-0.15, -0.1) is 0 Å². The predicted molar refractivity (Wildman–Crippen MR) is 141 cm³/mol. The number of primary amides is 1. The Morgan fingerprint density at radius 2 is 1.46 bits per heavy atom. The fourth-order valence-corrected chi connectivity index (χ4v) is 4.57. The van der Waals surface area contributed by atoms with Crippen LogP contribution in [0.2, 0.25) is 0 Å². The van der Waals surface area contributed by atoms with Crippen LogP contribution < -0.4 is 10.5 Å². The number of nitrogens with two attached hydrogens (primary N) is 1. The van der Waals surface area contributed by atoms with Crippen LogP contribution in [0, 0.1) is 11.8 Å². The highest BCUT2D eigenvalue weighted by molar-refractivity contribution is 5.92. The molecule has 1 aromatic rings. The Morgan fingerprint density at radius 3 is 1.97 bits per heavy atom. The van der Waals surface area contributed by atoms with Crippen molar-refractivity contribution < 1.29 is 19.1 Å². The molecule has 0 heterocycles. The Balaban J connectivity index is 3.05. The maximum atomic E-state index is 13.6. The van der Waals surface area contributed by atoms with Gasteiger partial charge in [0.15, 0.2) is 0 Å².